The Morgan fingerprint density at radius 1 is 1.38 bits per heavy atom. The van der Waals surface area contributed by atoms with Gasteiger partial charge >= 0.3 is 0 Å². The molecule has 1 aromatic rings. The fraction of sp³-hybridized carbons (Fsp3) is 0.333. The van der Waals surface area contributed by atoms with Gasteiger partial charge in [-0.2, -0.15) is 0 Å². The van der Waals surface area contributed by atoms with Gasteiger partial charge in [-0.25, -0.2) is 0 Å². The van der Waals surface area contributed by atoms with Crippen LogP contribution >= 0.6 is 0 Å². The van der Waals surface area contributed by atoms with Crippen LogP contribution < -0.4 is 5.32 Å². The molecule has 0 aliphatic carbocycles. The molecule has 0 saturated carbocycles. The van der Waals surface area contributed by atoms with Gasteiger partial charge in [0.2, 0.25) is 0 Å². The zero-order chi connectivity index (χ0) is 9.10. The van der Waals surface area contributed by atoms with Crippen LogP contribution in [-0.4, -0.2) is 6.54 Å². The summed E-state index contributed by atoms with van der Waals surface area (Å²) >= 11 is 0. The summed E-state index contributed by atoms with van der Waals surface area (Å²) in [4.78, 5) is 0. The maximum Gasteiger partial charge on any atom is 0.0373 e. The minimum Gasteiger partial charge on any atom is -0.385 e. The standard InChI is InChI=1S/C12H15N/c1-2-4-10-6-7-12-11(9-10)5-3-8-13-12/h2,4,6-7,9,13H,3,5,8H2,1H3/b4-2+. The van der Waals surface area contributed by atoms with Crippen LogP contribution in [0.5, 0.6) is 0 Å². The Labute approximate surface area is 79.5 Å². The number of benzene rings is 1. The third-order valence-electron chi connectivity index (χ3n) is 2.43. The highest BCUT2D eigenvalue weighted by Crippen LogP contribution is 2.23. The molecule has 0 atom stereocenters. The van der Waals surface area contributed by atoms with E-state index < -0.39 is 0 Å². The van der Waals surface area contributed by atoms with E-state index in [4.69, 9.17) is 0 Å². The minimum absolute atomic E-state index is 1.12. The van der Waals surface area contributed by atoms with Gasteiger partial charge in [-0.1, -0.05) is 18.2 Å². The van der Waals surface area contributed by atoms with Gasteiger partial charge in [-0.15, -0.1) is 0 Å². The molecule has 68 valence electrons. The van der Waals surface area contributed by atoms with E-state index >= 15 is 0 Å². The van der Waals surface area contributed by atoms with Crippen molar-refractivity contribution in [3.8, 4) is 0 Å². The van der Waals surface area contributed by atoms with Crippen LogP contribution in [0.25, 0.3) is 6.08 Å². The number of nitrogens with one attached hydrogen (secondary N) is 1. The number of hydrogen-bond donors (Lipinski definition) is 1. The van der Waals surface area contributed by atoms with Gasteiger partial charge in [-0.05, 0) is 43.0 Å². The van der Waals surface area contributed by atoms with Gasteiger partial charge in [0, 0.05) is 12.2 Å². The van der Waals surface area contributed by atoms with Crippen LogP contribution in [-0.2, 0) is 6.42 Å². The Bertz CT molecular complexity index is 326. The fourth-order valence-corrected chi connectivity index (χ4v) is 1.79. The largest absolute Gasteiger partial charge is 0.385 e. The Hall–Kier alpha value is -1.24. The Kier molecular flexibility index (Phi) is 2.35. The summed E-state index contributed by atoms with van der Waals surface area (Å²) in [5.74, 6) is 0. The van der Waals surface area contributed by atoms with Gasteiger partial charge < -0.3 is 5.32 Å². The van der Waals surface area contributed by atoms with E-state index in [1.807, 2.05) is 0 Å². The number of fused-ring (bicyclic) bond motifs is 1. The lowest BCUT2D eigenvalue weighted by molar-refractivity contribution is 0.830. The first-order valence-electron chi connectivity index (χ1n) is 4.89. The van der Waals surface area contributed by atoms with Gasteiger partial charge in [0.1, 0.15) is 0 Å². The van der Waals surface area contributed by atoms with Crippen molar-refractivity contribution in [2.24, 2.45) is 0 Å². The molecule has 2 rings (SSSR count). The second kappa shape index (κ2) is 3.65. The average Bonchev–Trinajstić information content (AvgIpc) is 2.18. The van der Waals surface area contributed by atoms with E-state index in [9.17, 15) is 0 Å². The third-order valence-corrected chi connectivity index (χ3v) is 2.43. The molecule has 1 aromatic carbocycles. The van der Waals surface area contributed by atoms with Crippen LogP contribution in [0.3, 0.4) is 0 Å². The van der Waals surface area contributed by atoms with Crippen molar-refractivity contribution < 1.29 is 0 Å². The molecule has 1 heterocycles. The Morgan fingerprint density at radius 2 is 2.31 bits per heavy atom. The molecule has 0 unspecified atom stereocenters. The van der Waals surface area contributed by atoms with Crippen LogP contribution in [0.4, 0.5) is 5.69 Å². The third kappa shape index (κ3) is 1.74. The molecular formula is C12H15N. The van der Waals surface area contributed by atoms with E-state index in [0.29, 0.717) is 0 Å². The maximum atomic E-state index is 3.41. The predicted molar refractivity (Wildman–Crippen MR) is 58.0 cm³/mol. The molecule has 1 aliphatic rings. The van der Waals surface area contributed by atoms with Crippen LogP contribution in [0, 0.1) is 0 Å². The first-order chi connectivity index (χ1) is 6.40. The lowest BCUT2D eigenvalue weighted by Gasteiger charge is -2.17. The quantitative estimate of drug-likeness (QED) is 0.688. The van der Waals surface area contributed by atoms with E-state index in [-0.39, 0.29) is 0 Å². The van der Waals surface area contributed by atoms with Gasteiger partial charge in [0.05, 0.1) is 0 Å². The molecule has 0 spiro atoms. The van der Waals surface area contributed by atoms with Crippen LogP contribution in [0.15, 0.2) is 24.3 Å². The van der Waals surface area contributed by atoms with Gasteiger partial charge in [0.25, 0.3) is 0 Å². The molecular weight excluding hydrogens is 158 g/mol. The monoisotopic (exact) mass is 173 g/mol. The maximum absolute atomic E-state index is 3.41. The fourth-order valence-electron chi connectivity index (χ4n) is 1.79. The topological polar surface area (TPSA) is 12.0 Å². The normalized spacial score (nSPS) is 15.5. The van der Waals surface area contributed by atoms with E-state index in [0.717, 1.165) is 6.54 Å². The van der Waals surface area contributed by atoms with Crippen molar-refractivity contribution in [2.45, 2.75) is 19.8 Å². The van der Waals surface area contributed by atoms with Crippen molar-refractivity contribution in [1.29, 1.82) is 0 Å². The summed E-state index contributed by atoms with van der Waals surface area (Å²) in [7, 11) is 0. The summed E-state index contributed by atoms with van der Waals surface area (Å²) in [6.45, 7) is 3.17. The lowest BCUT2D eigenvalue weighted by atomic mass is 10.0. The zero-order valence-corrected chi connectivity index (χ0v) is 8.01. The van der Waals surface area contributed by atoms with Crippen LogP contribution in [0.2, 0.25) is 0 Å². The number of anilines is 1. The molecule has 0 bridgehead atoms. The molecule has 0 radical (unpaired) electrons. The summed E-state index contributed by atoms with van der Waals surface area (Å²) in [6.07, 6.45) is 6.70. The molecule has 1 heteroatoms. The highest BCUT2D eigenvalue weighted by molar-refractivity contribution is 5.60. The number of rotatable bonds is 1. The summed E-state index contributed by atoms with van der Waals surface area (Å²) < 4.78 is 0. The first-order valence-corrected chi connectivity index (χ1v) is 4.89. The molecule has 0 aromatic heterocycles. The number of aryl methyl sites for hydroxylation is 1. The van der Waals surface area contributed by atoms with E-state index in [2.05, 4.69) is 42.6 Å². The second-order valence-electron chi connectivity index (χ2n) is 3.45. The SMILES string of the molecule is C/C=C/c1ccc2c(c1)CCCN2. The van der Waals surface area contributed by atoms with Crippen molar-refractivity contribution in [1.82, 2.24) is 0 Å². The molecule has 0 amide bonds. The molecule has 1 nitrogen and oxygen atoms in total. The Balaban J connectivity index is 2.35. The zero-order valence-electron chi connectivity index (χ0n) is 8.01. The lowest BCUT2D eigenvalue weighted by Crippen LogP contribution is -2.11. The van der Waals surface area contributed by atoms with Crippen molar-refractivity contribution in [3.05, 3.63) is 35.4 Å². The van der Waals surface area contributed by atoms with E-state index in [1.54, 1.807) is 0 Å². The smallest absolute Gasteiger partial charge is 0.0373 e. The van der Waals surface area contributed by atoms with Crippen molar-refractivity contribution >= 4 is 11.8 Å². The van der Waals surface area contributed by atoms with Gasteiger partial charge in [0.15, 0.2) is 0 Å². The number of allylic oxidation sites excluding steroid dienone is 1. The van der Waals surface area contributed by atoms with Crippen LogP contribution in [0.1, 0.15) is 24.5 Å². The number of hydrogen-bond acceptors (Lipinski definition) is 1. The molecule has 1 N–H and O–H groups in total. The summed E-state index contributed by atoms with van der Waals surface area (Å²) in [5.41, 5.74) is 4.09. The Morgan fingerprint density at radius 3 is 3.15 bits per heavy atom. The first kappa shape index (κ1) is 8.36. The molecule has 0 saturated heterocycles. The predicted octanol–water partition coefficient (Wildman–Crippen LogP) is 3.08. The summed E-state index contributed by atoms with van der Waals surface area (Å²) in [5, 5.41) is 3.41. The van der Waals surface area contributed by atoms with E-state index in [1.165, 1.54) is 29.7 Å². The molecule has 13 heavy (non-hydrogen) atoms. The summed E-state index contributed by atoms with van der Waals surface area (Å²) in [6, 6.07) is 6.63. The molecule has 1 aliphatic heterocycles. The second-order valence-corrected chi connectivity index (χ2v) is 3.45. The molecule has 0 fully saturated rings. The highest BCUT2D eigenvalue weighted by Gasteiger charge is 2.07. The van der Waals surface area contributed by atoms with Crippen molar-refractivity contribution in [3.63, 3.8) is 0 Å². The average molecular weight is 173 g/mol. The highest BCUT2D eigenvalue weighted by atomic mass is 14.9. The minimum atomic E-state index is 1.12. The van der Waals surface area contributed by atoms with Gasteiger partial charge in [-0.3, -0.25) is 0 Å². The van der Waals surface area contributed by atoms with Crippen molar-refractivity contribution in [2.75, 3.05) is 11.9 Å².